The van der Waals surface area contributed by atoms with E-state index in [4.69, 9.17) is 14.2 Å². The molecule has 0 radical (unpaired) electrons. The zero-order chi connectivity index (χ0) is 23.5. The molecular formula is C26H27FN2O4. The normalized spacial score (nSPS) is 10.8. The number of rotatable bonds is 11. The van der Waals surface area contributed by atoms with Crippen LogP contribution in [0, 0.1) is 5.82 Å². The monoisotopic (exact) mass is 450 g/mol. The van der Waals surface area contributed by atoms with Gasteiger partial charge in [-0.2, -0.15) is 5.10 Å². The number of halogens is 1. The molecule has 0 aliphatic heterocycles. The van der Waals surface area contributed by atoms with Crippen LogP contribution in [0.1, 0.15) is 41.8 Å². The lowest BCUT2D eigenvalue weighted by Crippen LogP contribution is -2.17. The summed E-state index contributed by atoms with van der Waals surface area (Å²) in [5, 5.41) is 4.03. The lowest BCUT2D eigenvalue weighted by atomic mass is 10.2. The third-order valence-corrected chi connectivity index (χ3v) is 4.56. The number of carbonyl (C=O) groups excluding carboxylic acids is 1. The topological polar surface area (TPSA) is 69.2 Å². The second-order valence-corrected chi connectivity index (χ2v) is 7.09. The fourth-order valence-corrected chi connectivity index (χ4v) is 2.94. The van der Waals surface area contributed by atoms with Gasteiger partial charge in [0.15, 0.2) is 11.5 Å². The molecule has 1 amide bonds. The molecule has 0 aromatic heterocycles. The quantitative estimate of drug-likeness (QED) is 0.316. The van der Waals surface area contributed by atoms with Crippen LogP contribution in [-0.4, -0.2) is 25.3 Å². The van der Waals surface area contributed by atoms with Gasteiger partial charge in [0.1, 0.15) is 18.2 Å². The molecule has 0 saturated heterocycles. The highest BCUT2D eigenvalue weighted by Gasteiger charge is 2.11. The highest BCUT2D eigenvalue weighted by molar-refractivity contribution is 5.95. The van der Waals surface area contributed by atoms with E-state index in [0.29, 0.717) is 41.6 Å². The first-order valence-electron chi connectivity index (χ1n) is 10.8. The molecule has 172 valence electrons. The van der Waals surface area contributed by atoms with Crippen molar-refractivity contribution in [3.8, 4) is 17.2 Å². The van der Waals surface area contributed by atoms with Gasteiger partial charge in [0.2, 0.25) is 0 Å². The van der Waals surface area contributed by atoms with Gasteiger partial charge in [0.05, 0.1) is 19.4 Å². The van der Waals surface area contributed by atoms with Gasteiger partial charge in [-0.05, 0) is 55.3 Å². The number of carbonyl (C=O) groups is 1. The summed E-state index contributed by atoms with van der Waals surface area (Å²) in [6, 6.07) is 18.6. The van der Waals surface area contributed by atoms with E-state index in [1.807, 2.05) is 19.9 Å². The largest absolute Gasteiger partial charge is 0.490 e. The van der Waals surface area contributed by atoms with Gasteiger partial charge in [0.25, 0.3) is 5.91 Å². The van der Waals surface area contributed by atoms with Crippen molar-refractivity contribution < 1.29 is 23.4 Å². The van der Waals surface area contributed by atoms with E-state index in [0.717, 1.165) is 12.0 Å². The molecule has 1 N–H and O–H groups in total. The number of nitrogens with zero attached hydrogens (tertiary/aromatic N) is 1. The van der Waals surface area contributed by atoms with E-state index in [2.05, 4.69) is 10.5 Å². The third-order valence-electron chi connectivity index (χ3n) is 4.56. The van der Waals surface area contributed by atoms with Crippen LogP contribution in [0.5, 0.6) is 17.2 Å². The van der Waals surface area contributed by atoms with Crippen molar-refractivity contribution in [1.82, 2.24) is 5.43 Å². The Morgan fingerprint density at radius 1 is 0.970 bits per heavy atom. The molecule has 0 aliphatic rings. The molecular weight excluding hydrogens is 423 g/mol. The number of hydrazone groups is 1. The Balaban J connectivity index is 1.60. The van der Waals surface area contributed by atoms with Gasteiger partial charge < -0.3 is 14.2 Å². The number of nitrogens with one attached hydrogen (secondary N) is 1. The Bertz CT molecular complexity index is 1100. The summed E-state index contributed by atoms with van der Waals surface area (Å²) in [6.07, 6.45) is 2.38. The average molecular weight is 451 g/mol. The van der Waals surface area contributed by atoms with Crippen LogP contribution in [-0.2, 0) is 6.61 Å². The minimum atomic E-state index is -0.374. The fraction of sp³-hybridized carbons (Fsp3) is 0.231. The molecule has 0 unspecified atom stereocenters. The molecule has 0 spiro atoms. The Kier molecular flexibility index (Phi) is 8.82. The molecule has 0 atom stereocenters. The molecule has 3 rings (SSSR count). The van der Waals surface area contributed by atoms with Crippen LogP contribution in [0.15, 0.2) is 71.8 Å². The summed E-state index contributed by atoms with van der Waals surface area (Å²) in [7, 11) is 0. The summed E-state index contributed by atoms with van der Waals surface area (Å²) < 4.78 is 30.7. The Morgan fingerprint density at radius 3 is 2.61 bits per heavy atom. The highest BCUT2D eigenvalue weighted by Crippen LogP contribution is 2.28. The van der Waals surface area contributed by atoms with Crippen LogP contribution in [0.2, 0.25) is 0 Å². The van der Waals surface area contributed by atoms with Crippen molar-refractivity contribution in [2.75, 3.05) is 13.2 Å². The number of hydrogen-bond acceptors (Lipinski definition) is 5. The van der Waals surface area contributed by atoms with Crippen molar-refractivity contribution in [1.29, 1.82) is 0 Å². The standard InChI is InChI=1S/C26H27FN2O4/c1-3-14-32-24-13-12-20(16-25(24)31-4-2)26(30)29-28-17-19-8-7-10-22(15-19)33-18-21-9-5-6-11-23(21)27/h5-13,15-17H,3-4,14,18H2,1-2H3,(H,29,30)/b28-17+. The molecule has 0 aliphatic carbocycles. The van der Waals surface area contributed by atoms with Crippen LogP contribution >= 0.6 is 0 Å². The van der Waals surface area contributed by atoms with Crippen LogP contribution in [0.25, 0.3) is 0 Å². The predicted octanol–water partition coefficient (Wildman–Crippen LogP) is 5.36. The van der Waals surface area contributed by atoms with E-state index in [1.54, 1.807) is 54.6 Å². The first-order chi connectivity index (χ1) is 16.1. The van der Waals surface area contributed by atoms with E-state index in [9.17, 15) is 9.18 Å². The number of hydrogen-bond donors (Lipinski definition) is 1. The van der Waals surface area contributed by atoms with Gasteiger partial charge >= 0.3 is 0 Å². The van der Waals surface area contributed by atoms with Gasteiger partial charge in [-0.15, -0.1) is 0 Å². The minimum absolute atomic E-state index is 0.115. The van der Waals surface area contributed by atoms with Crippen molar-refractivity contribution in [3.63, 3.8) is 0 Å². The molecule has 3 aromatic rings. The molecule has 33 heavy (non-hydrogen) atoms. The molecule has 0 bridgehead atoms. The molecule has 0 fully saturated rings. The highest BCUT2D eigenvalue weighted by atomic mass is 19.1. The molecule has 0 heterocycles. The summed E-state index contributed by atoms with van der Waals surface area (Å²) in [5.74, 6) is 1.00. The van der Waals surface area contributed by atoms with Crippen molar-refractivity contribution in [2.24, 2.45) is 5.10 Å². The van der Waals surface area contributed by atoms with E-state index in [1.165, 1.54) is 12.3 Å². The molecule has 7 heteroatoms. The summed E-state index contributed by atoms with van der Waals surface area (Å²) in [4.78, 5) is 12.5. The number of amides is 1. The number of ether oxygens (including phenoxy) is 3. The maximum Gasteiger partial charge on any atom is 0.271 e. The van der Waals surface area contributed by atoms with E-state index in [-0.39, 0.29) is 18.3 Å². The zero-order valence-corrected chi connectivity index (χ0v) is 18.7. The second-order valence-electron chi connectivity index (χ2n) is 7.09. The lowest BCUT2D eigenvalue weighted by molar-refractivity contribution is 0.0954. The summed E-state index contributed by atoms with van der Waals surface area (Å²) in [6.45, 7) is 5.03. The SMILES string of the molecule is CCCOc1ccc(C(=O)N/N=C/c2cccc(OCc3ccccc3F)c2)cc1OCC. The molecule has 0 saturated carbocycles. The maximum atomic E-state index is 13.7. The van der Waals surface area contributed by atoms with Gasteiger partial charge in [-0.25, -0.2) is 9.82 Å². The average Bonchev–Trinajstić information content (AvgIpc) is 2.83. The van der Waals surface area contributed by atoms with Gasteiger partial charge in [-0.1, -0.05) is 37.3 Å². The Labute approximate surface area is 193 Å². The molecule has 3 aromatic carbocycles. The first-order valence-corrected chi connectivity index (χ1v) is 10.8. The van der Waals surface area contributed by atoms with Crippen molar-refractivity contribution >= 4 is 12.1 Å². The van der Waals surface area contributed by atoms with Crippen LogP contribution in [0.4, 0.5) is 4.39 Å². The summed E-state index contributed by atoms with van der Waals surface area (Å²) in [5.41, 5.74) is 4.11. The first kappa shape index (κ1) is 23.8. The lowest BCUT2D eigenvalue weighted by Gasteiger charge is -2.12. The Hall–Kier alpha value is -3.87. The van der Waals surface area contributed by atoms with Crippen molar-refractivity contribution in [2.45, 2.75) is 26.9 Å². The smallest absolute Gasteiger partial charge is 0.271 e. The third kappa shape index (κ3) is 7.07. The van der Waals surface area contributed by atoms with Gasteiger partial charge in [0, 0.05) is 11.1 Å². The predicted molar refractivity (Wildman–Crippen MR) is 126 cm³/mol. The molecule has 6 nitrogen and oxygen atoms in total. The van der Waals surface area contributed by atoms with E-state index < -0.39 is 0 Å². The van der Waals surface area contributed by atoms with Gasteiger partial charge in [-0.3, -0.25) is 4.79 Å². The van der Waals surface area contributed by atoms with Crippen molar-refractivity contribution in [3.05, 3.63) is 89.2 Å². The van der Waals surface area contributed by atoms with Crippen LogP contribution < -0.4 is 19.6 Å². The Morgan fingerprint density at radius 2 is 1.82 bits per heavy atom. The minimum Gasteiger partial charge on any atom is -0.490 e. The number of benzene rings is 3. The zero-order valence-electron chi connectivity index (χ0n) is 18.7. The second kappa shape index (κ2) is 12.2. The van der Waals surface area contributed by atoms with E-state index >= 15 is 0 Å². The van der Waals surface area contributed by atoms with Crippen LogP contribution in [0.3, 0.4) is 0 Å². The fourth-order valence-electron chi connectivity index (χ4n) is 2.94. The maximum absolute atomic E-state index is 13.7. The summed E-state index contributed by atoms with van der Waals surface area (Å²) >= 11 is 0.